The van der Waals surface area contributed by atoms with Gasteiger partial charge in [0, 0.05) is 21.8 Å². The van der Waals surface area contributed by atoms with E-state index in [9.17, 15) is 18.0 Å². The van der Waals surface area contributed by atoms with Gasteiger partial charge in [-0.1, -0.05) is 74.8 Å². The van der Waals surface area contributed by atoms with Crippen molar-refractivity contribution < 1.29 is 18.0 Å². The third kappa shape index (κ3) is 6.33. The van der Waals surface area contributed by atoms with E-state index in [1.807, 2.05) is 12.1 Å². The summed E-state index contributed by atoms with van der Waals surface area (Å²) in [5, 5.41) is 3.10. The summed E-state index contributed by atoms with van der Waals surface area (Å²) in [6, 6.07) is 17.9. The number of anilines is 2. The summed E-state index contributed by atoms with van der Waals surface area (Å²) < 4.78 is 26.3. The molecule has 0 aromatic heterocycles. The van der Waals surface area contributed by atoms with E-state index in [0.29, 0.717) is 33.1 Å². The van der Waals surface area contributed by atoms with Gasteiger partial charge in [-0.3, -0.25) is 13.9 Å². The quantitative estimate of drug-likeness (QED) is 0.384. The number of nitrogens with zero attached hydrogens (tertiary/aromatic N) is 1. The van der Waals surface area contributed by atoms with Crippen molar-refractivity contribution in [2.24, 2.45) is 0 Å². The van der Waals surface area contributed by atoms with Crippen LogP contribution in [-0.2, 0) is 20.2 Å². The molecule has 190 valence electrons. The molecular weight excluding hydrogens is 496 g/mol. The van der Waals surface area contributed by atoms with Crippen LogP contribution in [0.25, 0.3) is 0 Å². The van der Waals surface area contributed by atoms with E-state index in [0.717, 1.165) is 16.1 Å². The molecule has 1 amide bonds. The number of ketones is 1. The molecule has 0 unspecified atom stereocenters. The highest BCUT2D eigenvalue weighted by atomic mass is 35.5. The molecule has 0 radical (unpaired) electrons. The molecule has 3 aromatic rings. The fraction of sp³-hybridized carbons (Fsp3) is 0.286. The standard InChI is InChI=1S/C28H31ClN2O4S/c1-18-10-15-23(29)17-25(18)31(36(6,34)35)19(2)27(33)30-24-9-7-8-21(16-24)26(32)20-11-13-22(14-12-20)28(3,4)5/h7-17,19H,1-6H3,(H,30,33)/t19-/m0/s1. The first kappa shape index (κ1) is 27.4. The molecule has 1 N–H and O–H groups in total. The lowest BCUT2D eigenvalue weighted by atomic mass is 9.86. The van der Waals surface area contributed by atoms with E-state index in [-0.39, 0.29) is 11.2 Å². The molecule has 0 saturated heterocycles. The monoisotopic (exact) mass is 526 g/mol. The summed E-state index contributed by atoms with van der Waals surface area (Å²) in [4.78, 5) is 26.2. The minimum atomic E-state index is -3.81. The molecule has 0 bridgehead atoms. The number of amides is 1. The molecular formula is C28H31ClN2O4S. The zero-order valence-electron chi connectivity index (χ0n) is 21.3. The predicted molar refractivity (Wildman–Crippen MR) is 147 cm³/mol. The lowest BCUT2D eigenvalue weighted by molar-refractivity contribution is -0.116. The first-order valence-corrected chi connectivity index (χ1v) is 13.7. The van der Waals surface area contributed by atoms with E-state index in [4.69, 9.17) is 11.6 Å². The van der Waals surface area contributed by atoms with E-state index in [2.05, 4.69) is 26.1 Å². The highest BCUT2D eigenvalue weighted by Crippen LogP contribution is 2.29. The molecule has 0 heterocycles. The van der Waals surface area contributed by atoms with Gasteiger partial charge in [-0.15, -0.1) is 0 Å². The van der Waals surface area contributed by atoms with E-state index in [1.165, 1.54) is 13.0 Å². The van der Waals surface area contributed by atoms with Crippen LogP contribution >= 0.6 is 11.6 Å². The normalized spacial score (nSPS) is 12.6. The number of halogens is 1. The highest BCUT2D eigenvalue weighted by Gasteiger charge is 2.30. The lowest BCUT2D eigenvalue weighted by Crippen LogP contribution is -2.45. The van der Waals surface area contributed by atoms with Crippen LogP contribution in [0.5, 0.6) is 0 Å². The maximum absolute atomic E-state index is 13.1. The summed E-state index contributed by atoms with van der Waals surface area (Å²) in [5.74, 6) is -0.717. The summed E-state index contributed by atoms with van der Waals surface area (Å²) >= 11 is 6.10. The predicted octanol–water partition coefficient (Wildman–Crippen LogP) is 5.97. The van der Waals surface area contributed by atoms with Crippen LogP contribution in [0, 0.1) is 6.92 Å². The van der Waals surface area contributed by atoms with Gasteiger partial charge in [0.05, 0.1) is 11.9 Å². The van der Waals surface area contributed by atoms with Crippen molar-refractivity contribution in [2.45, 2.75) is 46.1 Å². The molecule has 0 aliphatic heterocycles. The Morgan fingerprint density at radius 1 is 0.944 bits per heavy atom. The van der Waals surface area contributed by atoms with Crippen molar-refractivity contribution in [1.29, 1.82) is 0 Å². The Balaban J connectivity index is 1.84. The number of benzene rings is 3. The Hall–Kier alpha value is -3.16. The molecule has 8 heteroatoms. The van der Waals surface area contributed by atoms with Crippen molar-refractivity contribution in [3.63, 3.8) is 0 Å². The molecule has 36 heavy (non-hydrogen) atoms. The van der Waals surface area contributed by atoms with Crippen LogP contribution in [0.3, 0.4) is 0 Å². The Morgan fingerprint density at radius 2 is 1.58 bits per heavy atom. The van der Waals surface area contributed by atoms with Gasteiger partial charge >= 0.3 is 0 Å². The van der Waals surface area contributed by atoms with Crippen molar-refractivity contribution in [3.8, 4) is 0 Å². The third-order valence-corrected chi connectivity index (χ3v) is 7.37. The number of nitrogens with one attached hydrogen (secondary N) is 1. The zero-order valence-corrected chi connectivity index (χ0v) is 22.9. The summed E-state index contributed by atoms with van der Waals surface area (Å²) in [7, 11) is -3.81. The molecule has 1 atom stereocenters. The second-order valence-electron chi connectivity index (χ2n) is 9.89. The largest absolute Gasteiger partial charge is 0.324 e. The Kier molecular flexibility index (Phi) is 7.96. The van der Waals surface area contributed by atoms with Crippen molar-refractivity contribution >= 4 is 44.7 Å². The first-order valence-electron chi connectivity index (χ1n) is 11.5. The maximum atomic E-state index is 13.1. The minimum Gasteiger partial charge on any atom is -0.324 e. The molecule has 0 spiro atoms. The number of aryl methyl sites for hydroxylation is 1. The van der Waals surface area contributed by atoms with Crippen LogP contribution in [-0.4, -0.2) is 32.4 Å². The van der Waals surface area contributed by atoms with Gasteiger partial charge in [-0.2, -0.15) is 0 Å². The molecule has 6 nitrogen and oxygen atoms in total. The fourth-order valence-electron chi connectivity index (χ4n) is 3.87. The number of carbonyl (C=O) groups excluding carboxylic acids is 2. The van der Waals surface area contributed by atoms with Crippen LogP contribution < -0.4 is 9.62 Å². The second kappa shape index (κ2) is 10.4. The van der Waals surface area contributed by atoms with Gasteiger partial charge in [0.1, 0.15) is 6.04 Å². The molecule has 0 aliphatic rings. The number of hydrogen-bond acceptors (Lipinski definition) is 4. The number of sulfonamides is 1. The second-order valence-corrected chi connectivity index (χ2v) is 12.2. The summed E-state index contributed by atoms with van der Waals surface area (Å²) in [6.07, 6.45) is 1.04. The van der Waals surface area contributed by atoms with Gasteiger partial charge in [0.25, 0.3) is 0 Å². The van der Waals surface area contributed by atoms with Gasteiger partial charge in [0.15, 0.2) is 5.78 Å². The average Bonchev–Trinajstić information content (AvgIpc) is 2.79. The fourth-order valence-corrected chi connectivity index (χ4v) is 5.26. The van der Waals surface area contributed by atoms with Gasteiger partial charge < -0.3 is 5.32 Å². The Bertz CT molecular complexity index is 1390. The highest BCUT2D eigenvalue weighted by molar-refractivity contribution is 7.92. The summed E-state index contributed by atoms with van der Waals surface area (Å²) in [5.41, 5.74) is 3.44. The van der Waals surface area contributed by atoms with E-state index in [1.54, 1.807) is 55.5 Å². The van der Waals surface area contributed by atoms with Crippen LogP contribution in [0.2, 0.25) is 5.02 Å². The smallest absolute Gasteiger partial charge is 0.247 e. The van der Waals surface area contributed by atoms with Gasteiger partial charge in [-0.05, 0) is 54.7 Å². The third-order valence-electron chi connectivity index (χ3n) is 5.90. The Morgan fingerprint density at radius 3 is 2.17 bits per heavy atom. The number of rotatable bonds is 7. The molecule has 0 fully saturated rings. The lowest BCUT2D eigenvalue weighted by Gasteiger charge is -2.29. The molecule has 0 aliphatic carbocycles. The van der Waals surface area contributed by atoms with Crippen LogP contribution in [0.4, 0.5) is 11.4 Å². The van der Waals surface area contributed by atoms with E-state index < -0.39 is 22.0 Å². The molecule has 3 aromatic carbocycles. The minimum absolute atomic E-state index is 0.0219. The van der Waals surface area contributed by atoms with Crippen LogP contribution in [0.15, 0.2) is 66.7 Å². The maximum Gasteiger partial charge on any atom is 0.247 e. The SMILES string of the molecule is Cc1ccc(Cl)cc1N([C@@H](C)C(=O)Nc1cccc(C(=O)c2ccc(C(C)(C)C)cc2)c1)S(C)(=O)=O. The van der Waals surface area contributed by atoms with Crippen molar-refractivity contribution in [2.75, 3.05) is 15.9 Å². The summed E-state index contributed by atoms with van der Waals surface area (Å²) in [6.45, 7) is 9.57. The Labute approximate surface area is 218 Å². The topological polar surface area (TPSA) is 83.6 Å². The van der Waals surface area contributed by atoms with E-state index >= 15 is 0 Å². The average molecular weight is 527 g/mol. The van der Waals surface area contributed by atoms with Crippen molar-refractivity contribution in [3.05, 3.63) is 94.0 Å². The van der Waals surface area contributed by atoms with Gasteiger partial charge in [0.2, 0.25) is 15.9 Å². The number of hydrogen-bond donors (Lipinski definition) is 1. The number of carbonyl (C=O) groups is 2. The molecule has 3 rings (SSSR count). The van der Waals surface area contributed by atoms with Gasteiger partial charge in [-0.25, -0.2) is 8.42 Å². The first-order chi connectivity index (χ1) is 16.7. The van der Waals surface area contributed by atoms with Crippen LogP contribution in [0.1, 0.15) is 54.7 Å². The van der Waals surface area contributed by atoms with Crippen molar-refractivity contribution in [1.82, 2.24) is 0 Å². The zero-order chi connectivity index (χ0) is 26.8. The molecule has 0 saturated carbocycles.